The number of benzene rings is 4. The molecule has 0 saturated carbocycles. The number of aliphatic hydroxyl groups is 1. The van der Waals surface area contributed by atoms with Crippen LogP contribution in [0.15, 0.2) is 48.5 Å². The first kappa shape index (κ1) is 43.1. The first-order valence-electron chi connectivity index (χ1n) is 19.1. The van der Waals surface area contributed by atoms with Gasteiger partial charge in [-0.1, -0.05) is 48.5 Å². The van der Waals surface area contributed by atoms with Crippen LogP contribution in [0.2, 0.25) is 0 Å². The zero-order valence-electron chi connectivity index (χ0n) is 34.1. The molecule has 4 aromatic rings. The van der Waals surface area contributed by atoms with Crippen molar-refractivity contribution in [3.63, 3.8) is 0 Å². The first-order chi connectivity index (χ1) is 27.0. The lowest BCUT2D eigenvalue weighted by atomic mass is 9.86. The highest BCUT2D eigenvalue weighted by molar-refractivity contribution is 5.52. The molecule has 13 heteroatoms. The Balaban J connectivity index is 1.13. The Hall–Kier alpha value is -4.46. The molecule has 0 amide bonds. The number of halogens is 6. The van der Waals surface area contributed by atoms with Gasteiger partial charge in [0.05, 0.1) is 6.61 Å². The van der Waals surface area contributed by atoms with Gasteiger partial charge in [0, 0.05) is 6.92 Å². The van der Waals surface area contributed by atoms with Gasteiger partial charge >= 0.3 is 12.4 Å². The molecule has 6 rings (SSSR count). The number of epoxide rings is 2. The lowest BCUT2D eigenvalue weighted by Crippen LogP contribution is -2.26. The van der Waals surface area contributed by atoms with Gasteiger partial charge in [-0.3, -0.25) is 0 Å². The van der Waals surface area contributed by atoms with E-state index < -0.39 is 36.1 Å². The van der Waals surface area contributed by atoms with E-state index in [1.165, 1.54) is 48.5 Å². The highest BCUT2D eigenvalue weighted by Crippen LogP contribution is 2.46. The second kappa shape index (κ2) is 16.3. The monoisotopic (exact) mass is 816 g/mol. The molecule has 2 saturated heterocycles. The molecule has 4 aromatic carbocycles. The minimum absolute atomic E-state index is 0.00789. The Bertz CT molecular complexity index is 2060. The Labute approximate surface area is 335 Å². The van der Waals surface area contributed by atoms with E-state index in [1.54, 1.807) is 62.3 Å². The molecule has 0 bridgehead atoms. The van der Waals surface area contributed by atoms with E-state index in [4.69, 9.17) is 28.4 Å². The van der Waals surface area contributed by atoms with Crippen LogP contribution >= 0.6 is 0 Å². The van der Waals surface area contributed by atoms with Gasteiger partial charge in [-0.2, -0.15) is 26.3 Å². The summed E-state index contributed by atoms with van der Waals surface area (Å²) in [6.45, 7) is 16.1. The van der Waals surface area contributed by atoms with Gasteiger partial charge in [0.1, 0.15) is 73.5 Å². The van der Waals surface area contributed by atoms with Gasteiger partial charge in [0.25, 0.3) is 0 Å². The number of hydrogen-bond acceptors (Lipinski definition) is 7. The third-order valence-corrected chi connectivity index (χ3v) is 10.4. The molecule has 0 aliphatic carbocycles. The smallest absolute Gasteiger partial charge is 0.399 e. The zero-order valence-corrected chi connectivity index (χ0v) is 34.1. The number of alkyl halides is 6. The van der Waals surface area contributed by atoms with Gasteiger partial charge in [-0.25, -0.2) is 0 Å². The lowest BCUT2D eigenvalue weighted by Gasteiger charge is -2.26. The molecule has 0 aromatic heterocycles. The van der Waals surface area contributed by atoms with Crippen molar-refractivity contribution in [2.75, 3.05) is 33.0 Å². The van der Waals surface area contributed by atoms with Crippen LogP contribution in [0, 0.1) is 55.4 Å². The number of aliphatic hydroxyl groups excluding tert-OH is 1. The average molecular weight is 817 g/mol. The molecular formula is C45H50F6O7. The van der Waals surface area contributed by atoms with Crippen LogP contribution in [0.4, 0.5) is 26.3 Å². The molecule has 0 spiro atoms. The molecule has 0 radical (unpaired) electrons. The lowest BCUT2D eigenvalue weighted by molar-refractivity contribution is -0.142. The summed E-state index contributed by atoms with van der Waals surface area (Å²) >= 11 is 0. The fourth-order valence-corrected chi connectivity index (χ4v) is 7.71. The van der Waals surface area contributed by atoms with Crippen LogP contribution in [-0.4, -0.2) is 68.5 Å². The van der Waals surface area contributed by atoms with E-state index in [-0.39, 0.29) is 41.6 Å². The van der Waals surface area contributed by atoms with Crippen LogP contribution < -0.4 is 18.9 Å². The second-order valence-corrected chi connectivity index (χ2v) is 16.0. The maximum atomic E-state index is 14.7. The maximum Gasteiger partial charge on any atom is 0.399 e. The number of rotatable bonds is 15. The van der Waals surface area contributed by atoms with E-state index in [9.17, 15) is 31.4 Å². The third-order valence-electron chi connectivity index (χ3n) is 10.4. The molecule has 2 fully saturated rings. The highest BCUT2D eigenvalue weighted by Gasteiger charge is 2.45. The molecule has 5 atom stereocenters. The van der Waals surface area contributed by atoms with Crippen LogP contribution in [-0.2, 0) is 9.47 Å². The molecule has 7 nitrogen and oxygen atoms in total. The molecule has 5 unspecified atom stereocenters. The predicted octanol–water partition coefficient (Wildman–Crippen LogP) is 10.3. The van der Waals surface area contributed by atoms with Gasteiger partial charge < -0.3 is 33.5 Å². The summed E-state index contributed by atoms with van der Waals surface area (Å²) in [4.78, 5) is 0. The summed E-state index contributed by atoms with van der Waals surface area (Å²) in [5.74, 6) is -2.89. The molecular weight excluding hydrogens is 766 g/mol. The van der Waals surface area contributed by atoms with Crippen LogP contribution in [0.25, 0.3) is 0 Å². The summed E-state index contributed by atoms with van der Waals surface area (Å²) in [5.41, 5.74) is 4.39. The van der Waals surface area contributed by atoms with E-state index in [2.05, 4.69) is 0 Å². The fraction of sp³-hybridized carbons (Fsp3) is 0.467. The minimum Gasteiger partial charge on any atom is -0.490 e. The summed E-state index contributed by atoms with van der Waals surface area (Å²) < 4.78 is 122. The van der Waals surface area contributed by atoms with Crippen LogP contribution in [0.3, 0.4) is 0 Å². The van der Waals surface area contributed by atoms with Crippen molar-refractivity contribution in [2.45, 2.75) is 104 Å². The Morgan fingerprint density at radius 1 is 0.586 bits per heavy atom. The molecule has 2 aliphatic heterocycles. The van der Waals surface area contributed by atoms with Crippen molar-refractivity contribution in [3.05, 3.63) is 115 Å². The first-order valence-corrected chi connectivity index (χ1v) is 19.1. The van der Waals surface area contributed by atoms with Crippen molar-refractivity contribution in [3.8, 4) is 23.0 Å². The summed E-state index contributed by atoms with van der Waals surface area (Å²) in [5, 5.41) is 10.8. The Kier molecular flexibility index (Phi) is 12.1. The Morgan fingerprint density at radius 3 is 1.16 bits per heavy atom. The topological polar surface area (TPSA) is 82.2 Å². The van der Waals surface area contributed by atoms with E-state index in [0.29, 0.717) is 87.3 Å². The van der Waals surface area contributed by atoms with E-state index >= 15 is 0 Å². The SMILES string of the molecule is Cc1cc(C(c2cc(C)c(OCC3CO3)c(C)c2)C(F)(F)F)cc(C)c1OCC(O)COc1c(C)cc(C(c2cc(C)c(OC3(C)CO3)c(C)c2)C(F)(F)F)cc1C. The van der Waals surface area contributed by atoms with Gasteiger partial charge in [-0.05, 0) is 122 Å². The summed E-state index contributed by atoms with van der Waals surface area (Å²) in [6.07, 6.45) is -10.4. The Morgan fingerprint density at radius 2 is 0.879 bits per heavy atom. The van der Waals surface area contributed by atoms with Crippen molar-refractivity contribution in [1.29, 1.82) is 0 Å². The number of hydrogen-bond donors (Lipinski definition) is 1. The molecule has 2 heterocycles. The fourth-order valence-electron chi connectivity index (χ4n) is 7.71. The highest BCUT2D eigenvalue weighted by atomic mass is 19.4. The van der Waals surface area contributed by atoms with Gasteiger partial charge in [0.15, 0.2) is 0 Å². The van der Waals surface area contributed by atoms with Crippen molar-refractivity contribution in [2.24, 2.45) is 0 Å². The van der Waals surface area contributed by atoms with Gasteiger partial charge in [0.2, 0.25) is 5.79 Å². The van der Waals surface area contributed by atoms with Crippen molar-refractivity contribution >= 4 is 0 Å². The summed E-state index contributed by atoms with van der Waals surface area (Å²) in [6, 6.07) is 11.8. The third kappa shape index (κ3) is 9.86. The normalized spacial score (nSPS) is 19.3. The standard InChI is InChI=1S/C45H50F6O7/c1-23-10-31(37(44(46,47)48)33-14-27(5)41(28(6)15-33)56-21-36-20-53-36)11-24(2)39(23)54-18-35(52)19-55-40-25(3)12-32(13-26(40)4)38(45(49,50)51)34-16-29(7)42(30(8)17-34)58-43(9)22-57-43/h10-17,35-38,52H,18-22H2,1-9H3. The van der Waals surface area contributed by atoms with Crippen LogP contribution in [0.1, 0.15) is 85.5 Å². The van der Waals surface area contributed by atoms with Crippen molar-refractivity contribution in [1.82, 2.24) is 0 Å². The predicted molar refractivity (Wildman–Crippen MR) is 207 cm³/mol. The number of ether oxygens (including phenoxy) is 6. The average Bonchev–Trinajstić information content (AvgIpc) is 4.03. The molecule has 58 heavy (non-hydrogen) atoms. The van der Waals surface area contributed by atoms with Gasteiger partial charge in [-0.15, -0.1) is 0 Å². The van der Waals surface area contributed by atoms with E-state index in [0.717, 1.165) is 0 Å². The largest absolute Gasteiger partial charge is 0.490 e. The molecule has 2 aliphatic rings. The van der Waals surface area contributed by atoms with E-state index in [1.807, 2.05) is 0 Å². The molecule has 1 N–H and O–H groups in total. The summed E-state index contributed by atoms with van der Waals surface area (Å²) in [7, 11) is 0. The zero-order chi connectivity index (χ0) is 42.5. The molecule has 314 valence electrons. The quantitative estimate of drug-likeness (QED) is 0.0945. The maximum absolute atomic E-state index is 14.7. The van der Waals surface area contributed by atoms with Crippen molar-refractivity contribution < 1.29 is 59.9 Å². The minimum atomic E-state index is -4.60. The van der Waals surface area contributed by atoms with Crippen LogP contribution in [0.5, 0.6) is 23.0 Å². The number of aryl methyl sites for hydroxylation is 8. The second-order valence-electron chi connectivity index (χ2n) is 16.0.